The Morgan fingerprint density at radius 2 is 1.88 bits per heavy atom. The van der Waals surface area contributed by atoms with Gasteiger partial charge >= 0.3 is 18.3 Å². The second-order valence-electron chi connectivity index (χ2n) is 7.47. The molecular formula is C20H22F7N3O3. The monoisotopic (exact) mass is 485 g/mol. The average Bonchev–Trinajstić information content (AvgIpc) is 3.05. The quantitative estimate of drug-likeness (QED) is 0.611. The van der Waals surface area contributed by atoms with Crippen LogP contribution in [-0.4, -0.2) is 46.8 Å². The van der Waals surface area contributed by atoms with Gasteiger partial charge in [-0.3, -0.25) is 4.90 Å². The molecule has 1 aliphatic rings. The molecule has 0 radical (unpaired) electrons. The van der Waals surface area contributed by atoms with Crippen LogP contribution < -0.4 is 5.73 Å². The number of nitrogens with two attached hydrogens (primary N) is 1. The molecule has 0 aliphatic carbocycles. The maximum absolute atomic E-state index is 13.4. The van der Waals surface area contributed by atoms with Crippen LogP contribution in [0.1, 0.15) is 30.5 Å². The number of halogens is 7. The molecule has 1 unspecified atom stereocenters. The Balaban J connectivity index is 0.000000479. The first-order chi connectivity index (χ1) is 15.3. The Kier molecular flexibility index (Phi) is 8.83. The molecule has 184 valence electrons. The fourth-order valence-electron chi connectivity index (χ4n) is 3.27. The zero-order chi connectivity index (χ0) is 24.8. The number of aromatic nitrogens is 1. The largest absolute Gasteiger partial charge is 0.490 e. The van der Waals surface area contributed by atoms with Crippen LogP contribution in [-0.2, 0) is 17.5 Å². The van der Waals surface area contributed by atoms with Crippen molar-refractivity contribution >= 4 is 5.97 Å². The number of alkyl halides is 6. The molecule has 2 heterocycles. The van der Waals surface area contributed by atoms with Crippen LogP contribution in [0.25, 0.3) is 11.5 Å². The van der Waals surface area contributed by atoms with Crippen molar-refractivity contribution in [2.45, 2.75) is 38.2 Å². The minimum Gasteiger partial charge on any atom is -0.475 e. The Labute approximate surface area is 184 Å². The van der Waals surface area contributed by atoms with Crippen LogP contribution in [0.3, 0.4) is 0 Å². The van der Waals surface area contributed by atoms with Gasteiger partial charge < -0.3 is 15.3 Å². The Bertz CT molecular complexity index is 928. The van der Waals surface area contributed by atoms with Crippen LogP contribution in [0, 0.1) is 11.7 Å². The fraction of sp³-hybridized carbons (Fsp3) is 0.500. The Morgan fingerprint density at radius 3 is 2.45 bits per heavy atom. The Morgan fingerprint density at radius 1 is 1.21 bits per heavy atom. The van der Waals surface area contributed by atoms with E-state index in [2.05, 4.69) is 9.88 Å². The van der Waals surface area contributed by atoms with Crippen molar-refractivity contribution in [2.24, 2.45) is 11.7 Å². The number of likely N-dealkylation sites (tertiary alicyclic amines) is 1. The molecule has 1 aromatic carbocycles. The summed E-state index contributed by atoms with van der Waals surface area (Å²) in [5, 5.41) is 7.12. The van der Waals surface area contributed by atoms with Crippen LogP contribution in [0.5, 0.6) is 0 Å². The predicted molar refractivity (Wildman–Crippen MR) is 102 cm³/mol. The van der Waals surface area contributed by atoms with E-state index in [-0.39, 0.29) is 11.5 Å². The number of rotatable bonds is 4. The lowest BCUT2D eigenvalue weighted by Crippen LogP contribution is -2.31. The highest BCUT2D eigenvalue weighted by Gasteiger charge is 2.38. The standard InChI is InChI=1S/C18H21F4N3O.C2HF3O2/c19-16-5-4-13(7-15(16)18(20,21)22)17-24-14(11-26-17)10-25-6-2-1-3-12(8-23)9-25;3-2(4,5)1(6)7/h4-5,7,11-12H,1-3,6,8-10,23H2;(H,6,7). The topological polar surface area (TPSA) is 92.6 Å². The zero-order valence-electron chi connectivity index (χ0n) is 17.2. The van der Waals surface area contributed by atoms with Crippen molar-refractivity contribution in [1.29, 1.82) is 0 Å². The van der Waals surface area contributed by atoms with Gasteiger partial charge in [0.15, 0.2) is 0 Å². The van der Waals surface area contributed by atoms with E-state index in [1.165, 1.54) is 12.3 Å². The predicted octanol–water partition coefficient (Wildman–Crippen LogP) is 4.69. The van der Waals surface area contributed by atoms with E-state index in [0.717, 1.165) is 44.5 Å². The van der Waals surface area contributed by atoms with Gasteiger partial charge in [-0.15, -0.1) is 0 Å². The fourth-order valence-corrected chi connectivity index (χ4v) is 3.27. The summed E-state index contributed by atoms with van der Waals surface area (Å²) >= 11 is 0. The van der Waals surface area contributed by atoms with E-state index >= 15 is 0 Å². The van der Waals surface area contributed by atoms with Crippen molar-refractivity contribution in [3.05, 3.63) is 41.5 Å². The van der Waals surface area contributed by atoms with Gasteiger partial charge in [0.05, 0.1) is 11.3 Å². The summed E-state index contributed by atoms with van der Waals surface area (Å²) in [4.78, 5) is 15.4. The number of hydrogen-bond acceptors (Lipinski definition) is 5. The number of nitrogens with zero attached hydrogens (tertiary/aromatic N) is 2. The van der Waals surface area contributed by atoms with Crippen LogP contribution >= 0.6 is 0 Å². The highest BCUT2D eigenvalue weighted by Crippen LogP contribution is 2.34. The summed E-state index contributed by atoms with van der Waals surface area (Å²) in [7, 11) is 0. The van der Waals surface area contributed by atoms with Gasteiger partial charge in [0.2, 0.25) is 5.89 Å². The van der Waals surface area contributed by atoms with Crippen LogP contribution in [0.2, 0.25) is 0 Å². The normalized spacial score (nSPS) is 17.8. The molecule has 3 rings (SSSR count). The number of carboxylic acids is 1. The molecule has 1 aromatic heterocycles. The van der Waals surface area contributed by atoms with Gasteiger partial charge in [-0.1, -0.05) is 6.42 Å². The van der Waals surface area contributed by atoms with Crippen LogP contribution in [0.4, 0.5) is 30.7 Å². The van der Waals surface area contributed by atoms with Crippen molar-refractivity contribution in [3.63, 3.8) is 0 Å². The summed E-state index contributed by atoms with van der Waals surface area (Å²) in [5.74, 6) is -3.58. The third kappa shape index (κ3) is 8.00. The van der Waals surface area contributed by atoms with Crippen LogP contribution in [0.15, 0.2) is 28.9 Å². The van der Waals surface area contributed by atoms with Gasteiger partial charge in [0, 0.05) is 18.7 Å². The first kappa shape index (κ1) is 26.6. The van der Waals surface area contributed by atoms with Crippen molar-refractivity contribution < 1.29 is 45.1 Å². The third-order valence-corrected chi connectivity index (χ3v) is 4.89. The zero-order valence-corrected chi connectivity index (χ0v) is 17.2. The highest BCUT2D eigenvalue weighted by molar-refractivity contribution is 5.73. The lowest BCUT2D eigenvalue weighted by Gasteiger charge is -2.22. The van der Waals surface area contributed by atoms with Crippen molar-refractivity contribution in [2.75, 3.05) is 19.6 Å². The van der Waals surface area contributed by atoms with Gasteiger partial charge in [-0.2, -0.15) is 26.3 Å². The summed E-state index contributed by atoms with van der Waals surface area (Å²) in [6, 6.07) is 2.74. The summed E-state index contributed by atoms with van der Waals surface area (Å²) in [6.45, 7) is 2.98. The summed E-state index contributed by atoms with van der Waals surface area (Å²) < 4.78 is 89.1. The lowest BCUT2D eigenvalue weighted by molar-refractivity contribution is -0.192. The number of benzene rings is 1. The first-order valence-corrected chi connectivity index (χ1v) is 9.85. The molecule has 1 saturated heterocycles. The molecule has 33 heavy (non-hydrogen) atoms. The molecule has 0 bridgehead atoms. The van der Waals surface area contributed by atoms with Crippen molar-refractivity contribution in [3.8, 4) is 11.5 Å². The van der Waals surface area contributed by atoms with E-state index < -0.39 is 29.7 Å². The highest BCUT2D eigenvalue weighted by atomic mass is 19.4. The SMILES string of the molecule is NCC1CCCCN(Cc2coc(-c3ccc(F)c(C(F)(F)F)c3)n2)C1.O=C(O)C(F)(F)F. The number of oxazole rings is 1. The molecule has 0 spiro atoms. The van der Waals surface area contributed by atoms with Crippen molar-refractivity contribution in [1.82, 2.24) is 9.88 Å². The van der Waals surface area contributed by atoms with E-state index in [1.807, 2.05) is 0 Å². The van der Waals surface area contributed by atoms with Gasteiger partial charge in [0.1, 0.15) is 12.1 Å². The lowest BCUT2D eigenvalue weighted by atomic mass is 10.0. The third-order valence-electron chi connectivity index (χ3n) is 4.89. The number of carbonyl (C=O) groups is 1. The van der Waals surface area contributed by atoms with E-state index in [9.17, 15) is 30.7 Å². The Hall–Kier alpha value is -2.67. The molecule has 1 aliphatic heterocycles. The molecule has 1 fully saturated rings. The minimum absolute atomic E-state index is 0.0516. The molecule has 1 atom stereocenters. The van der Waals surface area contributed by atoms with Gasteiger partial charge in [-0.25, -0.2) is 14.2 Å². The minimum atomic E-state index is -5.08. The molecule has 0 amide bonds. The van der Waals surface area contributed by atoms with E-state index in [0.29, 0.717) is 24.7 Å². The first-order valence-electron chi connectivity index (χ1n) is 9.85. The van der Waals surface area contributed by atoms with Gasteiger partial charge in [0.25, 0.3) is 0 Å². The average molecular weight is 485 g/mol. The summed E-state index contributed by atoms with van der Waals surface area (Å²) in [5.41, 5.74) is 5.19. The number of aliphatic carboxylic acids is 1. The van der Waals surface area contributed by atoms with E-state index in [4.69, 9.17) is 20.1 Å². The summed E-state index contributed by atoms with van der Waals surface area (Å²) in [6.07, 6.45) is -5.09. The smallest absolute Gasteiger partial charge is 0.475 e. The van der Waals surface area contributed by atoms with E-state index in [1.54, 1.807) is 0 Å². The van der Waals surface area contributed by atoms with Gasteiger partial charge in [-0.05, 0) is 50.0 Å². The number of hydrogen-bond donors (Lipinski definition) is 2. The second kappa shape index (κ2) is 11.0. The molecule has 6 nitrogen and oxygen atoms in total. The second-order valence-corrected chi connectivity index (χ2v) is 7.47. The molecule has 0 saturated carbocycles. The maximum Gasteiger partial charge on any atom is 0.490 e. The molecule has 3 N–H and O–H groups in total. The maximum atomic E-state index is 13.4. The number of carboxylic acid groups (broad SMARTS) is 1. The molecule has 13 heteroatoms. The molecule has 2 aromatic rings. The molecular weight excluding hydrogens is 463 g/mol.